The van der Waals surface area contributed by atoms with Crippen molar-refractivity contribution < 1.29 is 28.2 Å². The Kier molecular flexibility index (Phi) is 5.94. The number of carbonyl (C=O) groups excluding carboxylic acids is 2. The molecule has 0 saturated carbocycles. The summed E-state index contributed by atoms with van der Waals surface area (Å²) in [5.41, 5.74) is 3.37. The van der Waals surface area contributed by atoms with Gasteiger partial charge < -0.3 is 18.6 Å². The zero-order chi connectivity index (χ0) is 22.8. The summed E-state index contributed by atoms with van der Waals surface area (Å²) >= 11 is 0. The highest BCUT2D eigenvalue weighted by molar-refractivity contribution is 5.89. The molecule has 2 atom stereocenters. The molecule has 168 valence electrons. The van der Waals surface area contributed by atoms with Crippen LogP contribution >= 0.6 is 0 Å². The largest absolute Gasteiger partial charge is 0.468 e. The molecule has 0 saturated heterocycles. The summed E-state index contributed by atoms with van der Waals surface area (Å²) < 4.78 is 22.5. The summed E-state index contributed by atoms with van der Waals surface area (Å²) in [6, 6.07) is 15.3. The molecule has 0 bridgehead atoms. The second kappa shape index (κ2) is 8.82. The topological polar surface area (TPSA) is 90.2 Å². The summed E-state index contributed by atoms with van der Waals surface area (Å²) in [4.78, 5) is 25.4. The Balaban J connectivity index is 1.79. The van der Waals surface area contributed by atoms with Gasteiger partial charge in [-0.25, -0.2) is 15.0 Å². The molecule has 8 nitrogen and oxygen atoms in total. The Bertz CT molecular complexity index is 1110. The van der Waals surface area contributed by atoms with Crippen LogP contribution in [0.5, 0.6) is 5.75 Å². The first kappa shape index (κ1) is 21.5. The van der Waals surface area contributed by atoms with Gasteiger partial charge in [-0.15, -0.1) is 0 Å². The molecule has 1 N–H and O–H groups in total. The van der Waals surface area contributed by atoms with Gasteiger partial charge in [-0.2, -0.15) is 5.01 Å². The van der Waals surface area contributed by atoms with E-state index in [1.807, 2.05) is 42.5 Å². The van der Waals surface area contributed by atoms with Crippen molar-refractivity contribution in [3.63, 3.8) is 0 Å². The molecule has 4 rings (SSSR count). The predicted molar refractivity (Wildman–Crippen MR) is 117 cm³/mol. The van der Waals surface area contributed by atoms with Crippen LogP contribution < -0.4 is 10.2 Å². The molecule has 0 aliphatic carbocycles. The number of hydrazine groups is 1. The number of hydrogen-bond acceptors (Lipinski definition) is 6. The van der Waals surface area contributed by atoms with E-state index in [-0.39, 0.29) is 6.10 Å². The van der Waals surface area contributed by atoms with Crippen LogP contribution in [0.25, 0.3) is 10.8 Å². The van der Waals surface area contributed by atoms with Gasteiger partial charge in [-0.1, -0.05) is 30.3 Å². The SMILES string of the molecule is CC(C)OC(=O)NN(C(=O)OC(C)C)[C@H]1Oc2ccc3ccccc3c2[C@@H]1c1ccco1. The number of carbonyl (C=O) groups is 2. The lowest BCUT2D eigenvalue weighted by atomic mass is 9.91. The number of nitrogens with one attached hydrogen (secondary N) is 1. The van der Waals surface area contributed by atoms with Crippen molar-refractivity contribution in [3.05, 3.63) is 66.1 Å². The first-order valence-corrected chi connectivity index (χ1v) is 10.5. The first-order valence-electron chi connectivity index (χ1n) is 10.5. The van der Waals surface area contributed by atoms with Crippen molar-refractivity contribution in [1.29, 1.82) is 0 Å². The average molecular weight is 438 g/mol. The fourth-order valence-electron chi connectivity index (χ4n) is 3.80. The maximum absolute atomic E-state index is 13.0. The van der Waals surface area contributed by atoms with E-state index in [2.05, 4.69) is 5.43 Å². The number of hydrogen-bond donors (Lipinski definition) is 1. The van der Waals surface area contributed by atoms with Crippen LogP contribution in [-0.2, 0) is 9.47 Å². The van der Waals surface area contributed by atoms with Crippen molar-refractivity contribution in [3.8, 4) is 5.75 Å². The molecule has 32 heavy (non-hydrogen) atoms. The highest BCUT2D eigenvalue weighted by Crippen LogP contribution is 2.47. The highest BCUT2D eigenvalue weighted by atomic mass is 16.6. The minimum Gasteiger partial charge on any atom is -0.468 e. The van der Waals surface area contributed by atoms with Gasteiger partial charge in [0.2, 0.25) is 6.23 Å². The lowest BCUT2D eigenvalue weighted by molar-refractivity contribution is -0.0230. The number of nitrogens with zero attached hydrogens (tertiary/aromatic N) is 1. The Morgan fingerprint density at radius 3 is 2.41 bits per heavy atom. The second-order valence-corrected chi connectivity index (χ2v) is 8.07. The van der Waals surface area contributed by atoms with Gasteiger partial charge in [0.05, 0.1) is 18.5 Å². The monoisotopic (exact) mass is 438 g/mol. The van der Waals surface area contributed by atoms with Gasteiger partial charge in [-0.05, 0) is 56.7 Å². The van der Waals surface area contributed by atoms with E-state index >= 15 is 0 Å². The lowest BCUT2D eigenvalue weighted by Crippen LogP contribution is -2.55. The Hall–Kier alpha value is -3.68. The minimum atomic E-state index is -0.951. The van der Waals surface area contributed by atoms with Gasteiger partial charge in [0.25, 0.3) is 0 Å². The van der Waals surface area contributed by atoms with E-state index < -0.39 is 30.4 Å². The molecular formula is C24H26N2O6. The standard InChI is InChI=1S/C24H26N2O6/c1-14(2)30-23(27)25-26(24(28)31-15(3)4)22-21(18-10-7-13-29-18)20-17-9-6-5-8-16(17)11-12-19(20)32-22/h5-15,21-22H,1-4H3,(H,25,27)/t21-,22-/m0/s1. The van der Waals surface area contributed by atoms with Crippen LogP contribution in [-0.4, -0.2) is 35.6 Å². The van der Waals surface area contributed by atoms with Crippen LogP contribution in [0.1, 0.15) is 44.9 Å². The zero-order valence-corrected chi connectivity index (χ0v) is 18.4. The summed E-state index contributed by atoms with van der Waals surface area (Å²) in [5, 5.41) is 3.03. The van der Waals surface area contributed by atoms with Gasteiger partial charge in [-0.3, -0.25) is 0 Å². The predicted octanol–water partition coefficient (Wildman–Crippen LogP) is 5.18. The Morgan fingerprint density at radius 1 is 0.969 bits per heavy atom. The fraction of sp³-hybridized carbons (Fsp3) is 0.333. The Labute approximate surface area is 186 Å². The Morgan fingerprint density at radius 2 is 1.72 bits per heavy atom. The van der Waals surface area contributed by atoms with E-state index in [1.165, 1.54) is 0 Å². The number of fused-ring (bicyclic) bond motifs is 3. The highest BCUT2D eigenvalue weighted by Gasteiger charge is 2.46. The average Bonchev–Trinajstić information content (AvgIpc) is 3.38. The van der Waals surface area contributed by atoms with Crippen LogP contribution in [0.2, 0.25) is 0 Å². The van der Waals surface area contributed by atoms with Crippen molar-refractivity contribution in [2.45, 2.75) is 52.0 Å². The van der Waals surface area contributed by atoms with Gasteiger partial charge in [0.1, 0.15) is 17.4 Å². The van der Waals surface area contributed by atoms with Crippen molar-refractivity contribution in [2.24, 2.45) is 0 Å². The summed E-state index contributed by atoms with van der Waals surface area (Å²) in [6.07, 6.45) is -1.72. The third-order valence-electron chi connectivity index (χ3n) is 4.97. The van der Waals surface area contributed by atoms with Crippen molar-refractivity contribution in [1.82, 2.24) is 10.4 Å². The van der Waals surface area contributed by atoms with Gasteiger partial charge >= 0.3 is 12.2 Å². The zero-order valence-electron chi connectivity index (χ0n) is 18.4. The molecule has 0 spiro atoms. The molecule has 1 aliphatic rings. The number of benzene rings is 2. The molecule has 2 aromatic carbocycles. The maximum atomic E-state index is 13.0. The molecule has 1 aromatic heterocycles. The third kappa shape index (κ3) is 4.21. The fourth-order valence-corrected chi connectivity index (χ4v) is 3.80. The van der Waals surface area contributed by atoms with E-state index in [4.69, 9.17) is 18.6 Å². The number of rotatable bonds is 4. The molecule has 2 amide bonds. The van der Waals surface area contributed by atoms with Crippen LogP contribution in [0.3, 0.4) is 0 Å². The maximum Gasteiger partial charge on any atom is 0.432 e. The molecule has 2 heterocycles. The third-order valence-corrected chi connectivity index (χ3v) is 4.97. The normalized spacial score (nSPS) is 17.2. The molecule has 8 heteroatoms. The quantitative estimate of drug-likeness (QED) is 0.565. The van der Waals surface area contributed by atoms with Crippen LogP contribution in [0.4, 0.5) is 9.59 Å². The molecule has 3 aromatic rings. The van der Waals surface area contributed by atoms with Crippen molar-refractivity contribution >= 4 is 23.0 Å². The van der Waals surface area contributed by atoms with E-state index in [0.29, 0.717) is 11.5 Å². The number of furan rings is 1. The summed E-state index contributed by atoms with van der Waals surface area (Å²) in [5.74, 6) is 0.674. The molecule has 0 unspecified atom stereocenters. The molecular weight excluding hydrogens is 412 g/mol. The second-order valence-electron chi connectivity index (χ2n) is 8.07. The van der Waals surface area contributed by atoms with Gasteiger partial charge in [0.15, 0.2) is 0 Å². The number of amides is 2. The lowest BCUT2D eigenvalue weighted by Gasteiger charge is -2.31. The van der Waals surface area contributed by atoms with E-state index in [9.17, 15) is 9.59 Å². The van der Waals surface area contributed by atoms with E-state index in [1.54, 1.807) is 40.0 Å². The minimum absolute atomic E-state index is 0.371. The summed E-state index contributed by atoms with van der Waals surface area (Å²) in [6.45, 7) is 6.89. The van der Waals surface area contributed by atoms with Crippen LogP contribution in [0.15, 0.2) is 59.2 Å². The van der Waals surface area contributed by atoms with Gasteiger partial charge in [0, 0.05) is 5.56 Å². The van der Waals surface area contributed by atoms with E-state index in [0.717, 1.165) is 21.3 Å². The summed E-state index contributed by atoms with van der Waals surface area (Å²) in [7, 11) is 0. The number of ether oxygens (including phenoxy) is 3. The molecule has 0 fully saturated rings. The van der Waals surface area contributed by atoms with Crippen LogP contribution in [0, 0.1) is 0 Å². The molecule has 0 radical (unpaired) electrons. The molecule has 1 aliphatic heterocycles. The van der Waals surface area contributed by atoms with Crippen molar-refractivity contribution in [2.75, 3.05) is 0 Å². The first-order chi connectivity index (χ1) is 15.3. The smallest absolute Gasteiger partial charge is 0.432 e.